The highest BCUT2D eigenvalue weighted by atomic mass is 35.5. The van der Waals surface area contributed by atoms with Crippen LogP contribution < -0.4 is 0 Å². The van der Waals surface area contributed by atoms with E-state index in [-0.39, 0.29) is 5.92 Å². The minimum atomic E-state index is -0.681. The van der Waals surface area contributed by atoms with E-state index < -0.39 is 5.97 Å². The quantitative estimate of drug-likeness (QED) is 0.927. The maximum absolute atomic E-state index is 11.0. The van der Waals surface area contributed by atoms with Crippen molar-refractivity contribution >= 4 is 29.2 Å². The molecule has 1 fully saturated rings. The number of nitrogens with zero attached hydrogens (tertiary/aromatic N) is 1. The zero-order chi connectivity index (χ0) is 13.8. The minimum Gasteiger partial charge on any atom is -0.481 e. The topological polar surface area (TPSA) is 40.5 Å². The average Bonchev–Trinajstić information content (AvgIpc) is 2.40. The number of aliphatic carboxylic acids is 1. The molecule has 0 bridgehead atoms. The lowest BCUT2D eigenvalue weighted by molar-refractivity contribution is -0.143. The Bertz CT molecular complexity index is 465. The van der Waals surface area contributed by atoms with Gasteiger partial charge in [0.1, 0.15) is 0 Å². The molecule has 0 aromatic heterocycles. The van der Waals surface area contributed by atoms with E-state index in [4.69, 9.17) is 28.3 Å². The average molecular weight is 302 g/mol. The van der Waals surface area contributed by atoms with Crippen LogP contribution in [-0.2, 0) is 11.2 Å². The van der Waals surface area contributed by atoms with Gasteiger partial charge in [0.2, 0.25) is 0 Å². The first-order chi connectivity index (χ1) is 9.06. The van der Waals surface area contributed by atoms with Gasteiger partial charge in [-0.1, -0.05) is 29.3 Å². The first-order valence-corrected chi connectivity index (χ1v) is 7.21. The smallest absolute Gasteiger partial charge is 0.307 e. The summed E-state index contributed by atoms with van der Waals surface area (Å²) in [6, 6.07) is 5.64. The van der Waals surface area contributed by atoms with Crippen LogP contribution in [0, 0.1) is 5.92 Å². The van der Waals surface area contributed by atoms with Crippen molar-refractivity contribution < 1.29 is 9.90 Å². The van der Waals surface area contributed by atoms with Crippen LogP contribution in [0.1, 0.15) is 18.4 Å². The zero-order valence-corrected chi connectivity index (χ0v) is 12.1. The largest absolute Gasteiger partial charge is 0.481 e. The maximum Gasteiger partial charge on any atom is 0.307 e. The third-order valence-electron chi connectivity index (χ3n) is 3.56. The highest BCUT2D eigenvalue weighted by molar-refractivity contribution is 6.42. The molecule has 104 valence electrons. The summed E-state index contributed by atoms with van der Waals surface area (Å²) in [5, 5.41) is 10.2. The molecule has 1 N–H and O–H groups in total. The number of likely N-dealkylation sites (tertiary alicyclic amines) is 1. The van der Waals surface area contributed by atoms with E-state index >= 15 is 0 Å². The van der Waals surface area contributed by atoms with Gasteiger partial charge in [-0.15, -0.1) is 0 Å². The highest BCUT2D eigenvalue weighted by Crippen LogP contribution is 2.23. The fraction of sp³-hybridized carbons (Fsp3) is 0.500. The van der Waals surface area contributed by atoms with Crippen LogP contribution >= 0.6 is 23.2 Å². The van der Waals surface area contributed by atoms with Crippen molar-refractivity contribution in [3.63, 3.8) is 0 Å². The fourth-order valence-corrected chi connectivity index (χ4v) is 2.76. The molecule has 1 unspecified atom stereocenters. The molecular weight excluding hydrogens is 285 g/mol. The standard InChI is InChI=1S/C14H17Cl2NO2/c15-12-4-3-10(8-13(12)16)5-7-17-6-1-2-11(9-17)14(18)19/h3-4,8,11H,1-2,5-7,9H2,(H,18,19). The van der Waals surface area contributed by atoms with Gasteiger partial charge >= 0.3 is 5.97 Å². The van der Waals surface area contributed by atoms with Crippen LogP contribution in [0.2, 0.25) is 10.0 Å². The maximum atomic E-state index is 11.0. The van der Waals surface area contributed by atoms with Gasteiger partial charge < -0.3 is 10.0 Å². The zero-order valence-electron chi connectivity index (χ0n) is 10.6. The first-order valence-electron chi connectivity index (χ1n) is 6.45. The van der Waals surface area contributed by atoms with E-state index in [0.29, 0.717) is 16.6 Å². The van der Waals surface area contributed by atoms with Crippen molar-refractivity contribution in [3.05, 3.63) is 33.8 Å². The molecule has 1 aromatic carbocycles. The second-order valence-corrected chi connectivity index (χ2v) is 5.79. The van der Waals surface area contributed by atoms with Crippen molar-refractivity contribution in [1.82, 2.24) is 4.90 Å². The molecule has 1 atom stereocenters. The Balaban J connectivity index is 1.87. The van der Waals surface area contributed by atoms with Gasteiger partial charge in [0.05, 0.1) is 16.0 Å². The molecule has 1 saturated heterocycles. The second kappa shape index (κ2) is 6.60. The van der Waals surface area contributed by atoms with Crippen molar-refractivity contribution in [2.45, 2.75) is 19.3 Å². The predicted octanol–water partition coefficient (Wildman–Crippen LogP) is 3.33. The third-order valence-corrected chi connectivity index (χ3v) is 4.29. The Kier molecular flexibility index (Phi) is 5.08. The number of carboxylic acid groups (broad SMARTS) is 1. The van der Waals surface area contributed by atoms with Gasteiger partial charge in [-0.05, 0) is 43.5 Å². The van der Waals surface area contributed by atoms with Crippen LogP contribution in [0.5, 0.6) is 0 Å². The Morgan fingerprint density at radius 3 is 2.84 bits per heavy atom. The number of halogens is 2. The van der Waals surface area contributed by atoms with Gasteiger partial charge in [-0.2, -0.15) is 0 Å². The number of piperidine rings is 1. The predicted molar refractivity (Wildman–Crippen MR) is 77.0 cm³/mol. The summed E-state index contributed by atoms with van der Waals surface area (Å²) in [7, 11) is 0. The van der Waals surface area contributed by atoms with Crippen LogP contribution in [0.25, 0.3) is 0 Å². The van der Waals surface area contributed by atoms with E-state index in [9.17, 15) is 4.79 Å². The van der Waals surface area contributed by atoms with E-state index in [0.717, 1.165) is 37.9 Å². The number of hydrogen-bond donors (Lipinski definition) is 1. The van der Waals surface area contributed by atoms with Gasteiger partial charge in [0.15, 0.2) is 0 Å². The highest BCUT2D eigenvalue weighted by Gasteiger charge is 2.24. The molecule has 0 saturated carbocycles. The molecule has 0 spiro atoms. The number of carbonyl (C=O) groups is 1. The third kappa shape index (κ3) is 4.10. The van der Waals surface area contributed by atoms with Crippen molar-refractivity contribution in [2.75, 3.05) is 19.6 Å². The van der Waals surface area contributed by atoms with Gasteiger partial charge in [-0.25, -0.2) is 0 Å². The molecule has 1 aliphatic heterocycles. The summed E-state index contributed by atoms with van der Waals surface area (Å²) in [5.74, 6) is -0.901. The van der Waals surface area contributed by atoms with Crippen molar-refractivity contribution in [3.8, 4) is 0 Å². The molecule has 1 aliphatic rings. The number of hydrogen-bond acceptors (Lipinski definition) is 2. The summed E-state index contributed by atoms with van der Waals surface area (Å²) < 4.78 is 0. The van der Waals surface area contributed by atoms with Gasteiger partial charge in [-0.3, -0.25) is 4.79 Å². The SMILES string of the molecule is O=C(O)C1CCCN(CCc2ccc(Cl)c(Cl)c2)C1. The molecule has 0 radical (unpaired) electrons. The molecule has 0 aliphatic carbocycles. The fourth-order valence-electron chi connectivity index (χ4n) is 2.44. The molecule has 19 heavy (non-hydrogen) atoms. The van der Waals surface area contributed by atoms with E-state index in [1.807, 2.05) is 12.1 Å². The summed E-state index contributed by atoms with van der Waals surface area (Å²) in [4.78, 5) is 13.2. The summed E-state index contributed by atoms with van der Waals surface area (Å²) >= 11 is 11.9. The molecule has 2 rings (SSSR count). The van der Waals surface area contributed by atoms with Crippen LogP contribution in [0.3, 0.4) is 0 Å². The Morgan fingerprint density at radius 2 is 2.16 bits per heavy atom. The normalized spacial score (nSPS) is 20.4. The molecular formula is C14H17Cl2NO2. The van der Waals surface area contributed by atoms with Gasteiger partial charge in [0.25, 0.3) is 0 Å². The van der Waals surface area contributed by atoms with Crippen LogP contribution in [0.4, 0.5) is 0 Å². The lowest BCUT2D eigenvalue weighted by Crippen LogP contribution is -2.39. The van der Waals surface area contributed by atoms with Crippen LogP contribution in [0.15, 0.2) is 18.2 Å². The number of benzene rings is 1. The van der Waals surface area contributed by atoms with Crippen molar-refractivity contribution in [2.24, 2.45) is 5.92 Å². The minimum absolute atomic E-state index is 0.220. The number of rotatable bonds is 4. The second-order valence-electron chi connectivity index (χ2n) is 4.98. The van der Waals surface area contributed by atoms with E-state index in [1.165, 1.54) is 0 Å². The number of carboxylic acids is 1. The Labute approximate surface area is 123 Å². The lowest BCUT2D eigenvalue weighted by atomic mass is 9.98. The molecule has 0 amide bonds. The molecule has 3 nitrogen and oxygen atoms in total. The van der Waals surface area contributed by atoms with E-state index in [2.05, 4.69) is 4.90 Å². The molecule has 1 heterocycles. The Hall–Kier alpha value is -0.770. The monoisotopic (exact) mass is 301 g/mol. The van der Waals surface area contributed by atoms with E-state index in [1.54, 1.807) is 6.07 Å². The Morgan fingerprint density at radius 1 is 1.37 bits per heavy atom. The molecule has 1 aromatic rings. The summed E-state index contributed by atoms with van der Waals surface area (Å²) in [5.41, 5.74) is 1.13. The summed E-state index contributed by atoms with van der Waals surface area (Å²) in [6.45, 7) is 2.49. The lowest BCUT2D eigenvalue weighted by Gasteiger charge is -2.30. The van der Waals surface area contributed by atoms with Crippen LogP contribution in [-0.4, -0.2) is 35.6 Å². The first kappa shape index (κ1) is 14.6. The summed E-state index contributed by atoms with van der Waals surface area (Å²) in [6.07, 6.45) is 2.61. The van der Waals surface area contributed by atoms with Gasteiger partial charge in [0, 0.05) is 13.1 Å². The molecule has 5 heteroatoms. The van der Waals surface area contributed by atoms with Crippen molar-refractivity contribution in [1.29, 1.82) is 0 Å².